The summed E-state index contributed by atoms with van der Waals surface area (Å²) in [6, 6.07) is 0. The van der Waals surface area contributed by atoms with Gasteiger partial charge >= 0.3 is 0 Å². The smallest absolute Gasteiger partial charge is 0.193 e. The Balaban J connectivity index is 2.68. The van der Waals surface area contributed by atoms with E-state index < -0.39 is 0 Å². The molecule has 0 saturated carbocycles. The fourth-order valence-corrected chi connectivity index (χ4v) is 1.67. The van der Waals surface area contributed by atoms with E-state index in [0.717, 1.165) is 17.5 Å². The summed E-state index contributed by atoms with van der Waals surface area (Å²) in [7, 11) is 1.66. The van der Waals surface area contributed by atoms with E-state index in [2.05, 4.69) is 10.2 Å². The number of thioether (sulfide) groups is 1. The number of aromatic nitrogens is 3. The van der Waals surface area contributed by atoms with Crippen molar-refractivity contribution in [3.05, 3.63) is 5.82 Å². The van der Waals surface area contributed by atoms with Gasteiger partial charge in [0, 0.05) is 20.2 Å². The first-order valence-electron chi connectivity index (χ1n) is 4.01. The second-order valence-electron chi connectivity index (χ2n) is 2.52. The molecule has 0 aliphatic heterocycles. The molecule has 0 aromatic carbocycles. The summed E-state index contributed by atoms with van der Waals surface area (Å²) in [5.41, 5.74) is 5.47. The molecule has 0 spiro atoms. The van der Waals surface area contributed by atoms with E-state index in [-0.39, 0.29) is 0 Å². The number of aryl methyl sites for hydroxylation is 1. The minimum absolute atomic E-state index is 0.586. The van der Waals surface area contributed by atoms with Crippen LogP contribution in [-0.2, 0) is 11.3 Å². The molecule has 0 amide bonds. The molecule has 1 aromatic heterocycles. The summed E-state index contributed by atoms with van der Waals surface area (Å²) in [4.78, 5) is 0. The van der Waals surface area contributed by atoms with Gasteiger partial charge in [-0.3, -0.25) is 0 Å². The number of nitrogens with zero attached hydrogens (tertiary/aromatic N) is 3. The predicted molar refractivity (Wildman–Crippen MR) is 51.5 cm³/mol. The van der Waals surface area contributed by atoms with E-state index in [4.69, 9.17) is 10.5 Å². The summed E-state index contributed by atoms with van der Waals surface area (Å²) < 4.78 is 6.93. The van der Waals surface area contributed by atoms with Crippen molar-refractivity contribution >= 4 is 11.8 Å². The van der Waals surface area contributed by atoms with E-state index >= 15 is 0 Å². The molecule has 2 N–H and O–H groups in total. The molecule has 13 heavy (non-hydrogen) atoms. The van der Waals surface area contributed by atoms with Crippen molar-refractivity contribution in [3.63, 3.8) is 0 Å². The Morgan fingerprint density at radius 2 is 2.31 bits per heavy atom. The van der Waals surface area contributed by atoms with E-state index in [1.165, 1.54) is 11.8 Å². The highest BCUT2D eigenvalue weighted by Crippen LogP contribution is 2.15. The average molecular weight is 202 g/mol. The van der Waals surface area contributed by atoms with E-state index in [9.17, 15) is 0 Å². The molecular weight excluding hydrogens is 188 g/mol. The largest absolute Gasteiger partial charge is 0.374 e. The fourth-order valence-electron chi connectivity index (χ4n) is 0.966. The highest BCUT2D eigenvalue weighted by molar-refractivity contribution is 7.99. The van der Waals surface area contributed by atoms with Gasteiger partial charge in [-0.15, -0.1) is 10.2 Å². The van der Waals surface area contributed by atoms with Gasteiger partial charge in [0.1, 0.15) is 5.82 Å². The summed E-state index contributed by atoms with van der Waals surface area (Å²) in [6.45, 7) is 3.27. The van der Waals surface area contributed by atoms with E-state index in [1.807, 2.05) is 11.5 Å². The molecule has 0 radical (unpaired) electrons. The average Bonchev–Trinajstić information content (AvgIpc) is 2.46. The number of hydrogen-bond acceptors (Lipinski definition) is 5. The van der Waals surface area contributed by atoms with Crippen molar-refractivity contribution < 1.29 is 4.74 Å². The van der Waals surface area contributed by atoms with Crippen LogP contribution < -0.4 is 5.73 Å². The van der Waals surface area contributed by atoms with Crippen molar-refractivity contribution in [3.8, 4) is 0 Å². The molecule has 0 fully saturated rings. The number of rotatable bonds is 5. The van der Waals surface area contributed by atoms with Gasteiger partial charge in [-0.25, -0.2) is 0 Å². The van der Waals surface area contributed by atoms with Gasteiger partial charge in [0.15, 0.2) is 5.16 Å². The van der Waals surface area contributed by atoms with Crippen LogP contribution in [0.4, 0.5) is 0 Å². The van der Waals surface area contributed by atoms with Gasteiger partial charge in [-0.05, 0) is 6.92 Å². The van der Waals surface area contributed by atoms with Crippen molar-refractivity contribution in [2.45, 2.75) is 18.6 Å². The van der Waals surface area contributed by atoms with Crippen molar-refractivity contribution in [1.29, 1.82) is 0 Å². The first kappa shape index (κ1) is 10.5. The lowest BCUT2D eigenvalue weighted by Crippen LogP contribution is -2.12. The van der Waals surface area contributed by atoms with Gasteiger partial charge in [0.2, 0.25) is 0 Å². The van der Waals surface area contributed by atoms with Gasteiger partial charge < -0.3 is 15.0 Å². The third-order valence-corrected chi connectivity index (χ3v) is 2.47. The van der Waals surface area contributed by atoms with Crippen LogP contribution in [0.15, 0.2) is 5.16 Å². The second kappa shape index (κ2) is 5.21. The van der Waals surface area contributed by atoms with Crippen LogP contribution in [0.2, 0.25) is 0 Å². The lowest BCUT2D eigenvalue weighted by atomic mass is 10.6. The lowest BCUT2D eigenvalue weighted by Gasteiger charge is -2.05. The Hall–Kier alpha value is -0.590. The van der Waals surface area contributed by atoms with Crippen LogP contribution in [0.3, 0.4) is 0 Å². The molecule has 0 aliphatic rings. The quantitative estimate of drug-likeness (QED) is 0.547. The summed E-state index contributed by atoms with van der Waals surface area (Å²) in [5, 5.41) is 8.85. The third kappa shape index (κ3) is 2.68. The monoisotopic (exact) mass is 202 g/mol. The zero-order valence-electron chi connectivity index (χ0n) is 7.86. The molecule has 0 saturated heterocycles. The zero-order chi connectivity index (χ0) is 9.68. The number of nitrogens with two attached hydrogens (primary N) is 1. The van der Waals surface area contributed by atoms with Gasteiger partial charge in [-0.2, -0.15) is 0 Å². The normalized spacial score (nSPS) is 10.7. The maximum Gasteiger partial charge on any atom is 0.193 e. The standard InChI is InChI=1S/C7H14N4OS/c1-6-9-10-7(13-5-12-2)11(6)4-3-8/h3-5,8H2,1-2H3. The predicted octanol–water partition coefficient (Wildman–Crippen LogP) is 0.241. The Bertz CT molecular complexity index is 263. The summed E-state index contributed by atoms with van der Waals surface area (Å²) in [5.74, 6) is 1.48. The summed E-state index contributed by atoms with van der Waals surface area (Å²) >= 11 is 1.52. The molecule has 0 atom stereocenters. The van der Waals surface area contributed by atoms with Crippen LogP contribution in [0, 0.1) is 6.92 Å². The van der Waals surface area contributed by atoms with Crippen molar-refractivity contribution in [2.24, 2.45) is 5.73 Å². The zero-order valence-corrected chi connectivity index (χ0v) is 8.67. The summed E-state index contributed by atoms with van der Waals surface area (Å²) in [6.07, 6.45) is 0. The highest BCUT2D eigenvalue weighted by atomic mass is 32.2. The maximum absolute atomic E-state index is 5.47. The van der Waals surface area contributed by atoms with Gasteiger partial charge in [0.25, 0.3) is 0 Å². The molecule has 74 valence electrons. The minimum atomic E-state index is 0.586. The molecule has 0 bridgehead atoms. The van der Waals surface area contributed by atoms with Crippen LogP contribution >= 0.6 is 11.8 Å². The van der Waals surface area contributed by atoms with Crippen molar-refractivity contribution in [2.75, 3.05) is 19.6 Å². The number of ether oxygens (including phenoxy) is 1. The van der Waals surface area contributed by atoms with Crippen molar-refractivity contribution in [1.82, 2.24) is 14.8 Å². The Morgan fingerprint density at radius 3 is 2.92 bits per heavy atom. The molecule has 0 unspecified atom stereocenters. The second-order valence-corrected chi connectivity index (χ2v) is 3.41. The molecule has 1 heterocycles. The van der Waals surface area contributed by atoms with E-state index in [1.54, 1.807) is 7.11 Å². The topological polar surface area (TPSA) is 66.0 Å². The number of hydrogen-bond donors (Lipinski definition) is 1. The molecule has 1 rings (SSSR count). The first-order chi connectivity index (χ1) is 6.29. The van der Waals surface area contributed by atoms with E-state index in [0.29, 0.717) is 12.5 Å². The highest BCUT2D eigenvalue weighted by Gasteiger charge is 2.07. The van der Waals surface area contributed by atoms with Crippen LogP contribution in [-0.4, -0.2) is 34.4 Å². The SMILES string of the molecule is COCSc1nnc(C)n1CCN. The van der Waals surface area contributed by atoms with Crippen LogP contribution in [0.25, 0.3) is 0 Å². The molecule has 0 aliphatic carbocycles. The maximum atomic E-state index is 5.47. The van der Waals surface area contributed by atoms with Gasteiger partial charge in [-0.1, -0.05) is 11.8 Å². The fraction of sp³-hybridized carbons (Fsp3) is 0.714. The Morgan fingerprint density at radius 1 is 1.54 bits per heavy atom. The third-order valence-electron chi connectivity index (χ3n) is 1.56. The lowest BCUT2D eigenvalue weighted by molar-refractivity contribution is 0.258. The van der Waals surface area contributed by atoms with Gasteiger partial charge in [0.05, 0.1) is 5.94 Å². The Kier molecular flexibility index (Phi) is 4.20. The molecular formula is C7H14N4OS. The molecule has 5 nitrogen and oxygen atoms in total. The minimum Gasteiger partial charge on any atom is -0.374 e. The molecule has 6 heteroatoms. The van der Waals surface area contributed by atoms with Crippen LogP contribution in [0.1, 0.15) is 5.82 Å². The Labute approximate surface area is 81.7 Å². The van der Waals surface area contributed by atoms with Crippen LogP contribution in [0.5, 0.6) is 0 Å². The molecule has 1 aromatic rings. The number of methoxy groups -OCH3 is 1. The first-order valence-corrected chi connectivity index (χ1v) is 4.99.